The summed E-state index contributed by atoms with van der Waals surface area (Å²) in [5.41, 5.74) is 0.431. The van der Waals surface area contributed by atoms with Crippen LogP contribution in [0.4, 0.5) is 5.69 Å². The lowest BCUT2D eigenvalue weighted by Gasteiger charge is -2.09. The highest BCUT2D eigenvalue weighted by molar-refractivity contribution is 7.92. The summed E-state index contributed by atoms with van der Waals surface area (Å²) < 4.78 is 26.1. The van der Waals surface area contributed by atoms with Crippen molar-refractivity contribution in [3.8, 4) is 0 Å². The molecule has 0 saturated heterocycles. The van der Waals surface area contributed by atoms with Gasteiger partial charge in [0.25, 0.3) is 0 Å². The fourth-order valence-electron chi connectivity index (χ4n) is 1.45. The standard InChI is InChI=1S/C12H19ClN2O2S/c1-2-8-14-9-5-10-18(16,17)15-12-7-4-3-6-11(12)13/h3-4,6-7,14-15H,2,5,8-10H2,1H3. The molecule has 0 radical (unpaired) electrons. The topological polar surface area (TPSA) is 58.2 Å². The molecule has 102 valence electrons. The zero-order valence-electron chi connectivity index (χ0n) is 10.4. The maximum Gasteiger partial charge on any atom is 0.232 e. The predicted molar refractivity (Wildman–Crippen MR) is 76.6 cm³/mol. The molecule has 4 nitrogen and oxygen atoms in total. The van der Waals surface area contributed by atoms with E-state index in [4.69, 9.17) is 11.6 Å². The van der Waals surface area contributed by atoms with Crippen molar-refractivity contribution in [3.05, 3.63) is 29.3 Å². The Labute approximate surface area is 114 Å². The van der Waals surface area contributed by atoms with E-state index in [-0.39, 0.29) is 5.75 Å². The van der Waals surface area contributed by atoms with E-state index in [1.807, 2.05) is 0 Å². The molecule has 1 aromatic carbocycles. The van der Waals surface area contributed by atoms with Gasteiger partial charge in [-0.3, -0.25) is 4.72 Å². The summed E-state index contributed by atoms with van der Waals surface area (Å²) in [6, 6.07) is 6.80. The Bertz CT molecular complexity index is 463. The van der Waals surface area contributed by atoms with Gasteiger partial charge in [-0.2, -0.15) is 0 Å². The second-order valence-electron chi connectivity index (χ2n) is 4.00. The first kappa shape index (κ1) is 15.3. The van der Waals surface area contributed by atoms with Crippen LogP contribution >= 0.6 is 11.6 Å². The minimum atomic E-state index is -3.32. The molecule has 0 bridgehead atoms. The third-order valence-corrected chi connectivity index (χ3v) is 4.02. The lowest BCUT2D eigenvalue weighted by molar-refractivity contribution is 0.593. The molecule has 0 spiro atoms. The Kier molecular flexibility index (Phi) is 6.46. The van der Waals surface area contributed by atoms with E-state index >= 15 is 0 Å². The van der Waals surface area contributed by atoms with Gasteiger partial charge < -0.3 is 5.32 Å². The van der Waals surface area contributed by atoms with Crippen LogP contribution < -0.4 is 10.0 Å². The smallest absolute Gasteiger partial charge is 0.232 e. The highest BCUT2D eigenvalue weighted by Crippen LogP contribution is 2.21. The number of hydrogen-bond donors (Lipinski definition) is 2. The monoisotopic (exact) mass is 290 g/mol. The highest BCUT2D eigenvalue weighted by atomic mass is 35.5. The van der Waals surface area contributed by atoms with Gasteiger partial charge in [0, 0.05) is 0 Å². The van der Waals surface area contributed by atoms with E-state index in [1.54, 1.807) is 24.3 Å². The zero-order valence-corrected chi connectivity index (χ0v) is 12.0. The SMILES string of the molecule is CCCNCCCS(=O)(=O)Nc1ccccc1Cl. The van der Waals surface area contributed by atoms with Gasteiger partial charge in [-0.25, -0.2) is 8.42 Å². The van der Waals surface area contributed by atoms with Crippen molar-refractivity contribution in [2.24, 2.45) is 0 Å². The molecule has 1 rings (SSSR count). The first-order valence-corrected chi connectivity index (χ1v) is 8.04. The largest absolute Gasteiger partial charge is 0.317 e. The first-order valence-electron chi connectivity index (χ1n) is 6.01. The van der Waals surface area contributed by atoms with E-state index in [0.29, 0.717) is 23.7 Å². The van der Waals surface area contributed by atoms with Crippen LogP contribution in [0, 0.1) is 0 Å². The highest BCUT2D eigenvalue weighted by Gasteiger charge is 2.11. The summed E-state index contributed by atoms with van der Waals surface area (Å²) in [4.78, 5) is 0. The Morgan fingerprint density at radius 3 is 2.61 bits per heavy atom. The van der Waals surface area contributed by atoms with Crippen LogP contribution in [0.25, 0.3) is 0 Å². The molecule has 18 heavy (non-hydrogen) atoms. The third kappa shape index (κ3) is 5.71. The molecule has 0 fully saturated rings. The van der Waals surface area contributed by atoms with Gasteiger partial charge in [0.15, 0.2) is 0 Å². The Morgan fingerprint density at radius 2 is 1.94 bits per heavy atom. The van der Waals surface area contributed by atoms with E-state index in [0.717, 1.165) is 13.0 Å². The average Bonchev–Trinajstić information content (AvgIpc) is 2.31. The summed E-state index contributed by atoms with van der Waals surface area (Å²) >= 11 is 5.89. The Balaban J connectivity index is 2.43. The summed E-state index contributed by atoms with van der Waals surface area (Å²) in [5, 5.41) is 3.57. The molecule has 0 amide bonds. The number of sulfonamides is 1. The van der Waals surface area contributed by atoms with Crippen LogP contribution in [0.2, 0.25) is 5.02 Å². The molecule has 0 aromatic heterocycles. The lowest BCUT2D eigenvalue weighted by atomic mass is 10.3. The van der Waals surface area contributed by atoms with Crippen molar-refractivity contribution in [1.29, 1.82) is 0 Å². The van der Waals surface area contributed by atoms with Gasteiger partial charge in [-0.1, -0.05) is 30.7 Å². The molecule has 0 aliphatic carbocycles. The second kappa shape index (κ2) is 7.61. The minimum Gasteiger partial charge on any atom is -0.317 e. The summed E-state index contributed by atoms with van der Waals surface area (Å²) in [6.07, 6.45) is 1.63. The Hall–Kier alpha value is -0.780. The quantitative estimate of drug-likeness (QED) is 0.723. The maximum atomic E-state index is 11.8. The molecule has 1 aromatic rings. The second-order valence-corrected chi connectivity index (χ2v) is 6.25. The molecular weight excluding hydrogens is 272 g/mol. The molecule has 0 aliphatic rings. The van der Waals surface area contributed by atoms with Crippen molar-refractivity contribution in [3.63, 3.8) is 0 Å². The first-order chi connectivity index (χ1) is 8.55. The van der Waals surface area contributed by atoms with Crippen LogP contribution in [0.3, 0.4) is 0 Å². The van der Waals surface area contributed by atoms with E-state index < -0.39 is 10.0 Å². The van der Waals surface area contributed by atoms with Crippen molar-refractivity contribution in [1.82, 2.24) is 5.32 Å². The third-order valence-electron chi connectivity index (χ3n) is 2.33. The van der Waals surface area contributed by atoms with E-state index in [1.165, 1.54) is 0 Å². The molecular formula is C12H19ClN2O2S. The number of benzene rings is 1. The number of para-hydroxylation sites is 1. The van der Waals surface area contributed by atoms with Crippen molar-refractivity contribution < 1.29 is 8.42 Å². The number of halogens is 1. The summed E-state index contributed by atoms with van der Waals surface area (Å²) in [7, 11) is -3.32. The van der Waals surface area contributed by atoms with Crippen LogP contribution in [-0.4, -0.2) is 27.3 Å². The van der Waals surface area contributed by atoms with E-state index in [9.17, 15) is 8.42 Å². The van der Waals surface area contributed by atoms with Crippen LogP contribution in [0.15, 0.2) is 24.3 Å². The summed E-state index contributed by atoms with van der Waals surface area (Å²) in [6.45, 7) is 3.69. The van der Waals surface area contributed by atoms with E-state index in [2.05, 4.69) is 17.0 Å². The number of rotatable bonds is 8. The van der Waals surface area contributed by atoms with Gasteiger partial charge in [0.05, 0.1) is 16.5 Å². The van der Waals surface area contributed by atoms with Gasteiger partial charge in [-0.15, -0.1) is 0 Å². The van der Waals surface area contributed by atoms with Crippen LogP contribution in [0.1, 0.15) is 19.8 Å². The summed E-state index contributed by atoms with van der Waals surface area (Å²) in [5.74, 6) is 0.0922. The van der Waals surface area contributed by atoms with Gasteiger partial charge in [-0.05, 0) is 38.1 Å². The number of nitrogens with one attached hydrogen (secondary N) is 2. The molecule has 0 atom stereocenters. The maximum absolute atomic E-state index is 11.8. The van der Waals surface area contributed by atoms with Crippen LogP contribution in [0.5, 0.6) is 0 Å². The normalized spacial score (nSPS) is 11.4. The molecule has 2 N–H and O–H groups in total. The molecule has 6 heteroatoms. The van der Waals surface area contributed by atoms with Gasteiger partial charge in [0.1, 0.15) is 0 Å². The fraction of sp³-hybridized carbons (Fsp3) is 0.500. The van der Waals surface area contributed by atoms with Crippen molar-refractivity contribution in [2.45, 2.75) is 19.8 Å². The van der Waals surface area contributed by atoms with Gasteiger partial charge >= 0.3 is 0 Å². The molecule has 0 saturated carbocycles. The van der Waals surface area contributed by atoms with Crippen molar-refractivity contribution >= 4 is 27.3 Å². The van der Waals surface area contributed by atoms with Crippen LogP contribution in [-0.2, 0) is 10.0 Å². The zero-order chi connectivity index (χ0) is 13.4. The minimum absolute atomic E-state index is 0.0922. The van der Waals surface area contributed by atoms with Crippen molar-refractivity contribution in [2.75, 3.05) is 23.6 Å². The number of anilines is 1. The fourth-order valence-corrected chi connectivity index (χ4v) is 2.83. The van der Waals surface area contributed by atoms with Gasteiger partial charge in [0.2, 0.25) is 10.0 Å². The lowest BCUT2D eigenvalue weighted by Crippen LogP contribution is -2.22. The number of hydrogen-bond acceptors (Lipinski definition) is 3. The molecule has 0 aliphatic heterocycles. The predicted octanol–water partition coefficient (Wildman–Crippen LogP) is 2.47. The molecule has 0 heterocycles. The molecule has 0 unspecified atom stereocenters. The Morgan fingerprint density at radius 1 is 1.22 bits per heavy atom. The average molecular weight is 291 g/mol.